The van der Waals surface area contributed by atoms with Crippen LogP contribution in [0.1, 0.15) is 29.8 Å². The molecule has 1 aliphatic heterocycles. The van der Waals surface area contributed by atoms with Crippen LogP contribution in [0.25, 0.3) is 0 Å². The first-order chi connectivity index (χ1) is 11.2. The number of hydrogen-bond donors (Lipinski definition) is 0. The molecule has 2 aliphatic rings. The summed E-state index contributed by atoms with van der Waals surface area (Å²) < 4.78 is 11.7. The van der Waals surface area contributed by atoms with Gasteiger partial charge in [-0.3, -0.25) is 9.59 Å². The molecule has 0 aromatic carbocycles. The molecule has 2 fully saturated rings. The van der Waals surface area contributed by atoms with Crippen molar-refractivity contribution in [2.24, 2.45) is 5.92 Å². The van der Waals surface area contributed by atoms with Gasteiger partial charge in [-0.05, 0) is 25.3 Å². The zero-order valence-corrected chi connectivity index (χ0v) is 13.4. The van der Waals surface area contributed by atoms with Gasteiger partial charge in [0.05, 0.1) is 19.8 Å². The van der Waals surface area contributed by atoms with Crippen LogP contribution in [0.5, 0.6) is 0 Å². The molecule has 7 heteroatoms. The van der Waals surface area contributed by atoms with Gasteiger partial charge in [-0.15, -0.1) is 0 Å². The molecule has 7 nitrogen and oxygen atoms in total. The molecular weight excluding hydrogens is 298 g/mol. The lowest BCUT2D eigenvalue weighted by atomic mass is 10.1. The Labute approximate surface area is 135 Å². The quantitative estimate of drug-likeness (QED) is 0.732. The third kappa shape index (κ3) is 3.97. The van der Waals surface area contributed by atoms with Crippen molar-refractivity contribution in [2.45, 2.75) is 31.8 Å². The van der Waals surface area contributed by atoms with Gasteiger partial charge in [-0.1, -0.05) is 0 Å². The third-order valence-electron chi connectivity index (χ3n) is 4.32. The standard InChI is InChI=1S/C16H23N3O4/c1-22-9-7-19-15(20)5-4-14(17-19)16(21)18(13-2-3-13)10-12-6-8-23-11-12/h4-5,12-13H,2-3,6-11H2,1H3. The van der Waals surface area contributed by atoms with Gasteiger partial charge in [-0.25, -0.2) is 4.68 Å². The summed E-state index contributed by atoms with van der Waals surface area (Å²) in [5.74, 6) is 0.310. The SMILES string of the molecule is COCCn1nc(C(=O)N(CC2CCOC2)C2CC2)ccc1=O. The first-order valence-corrected chi connectivity index (χ1v) is 8.15. The lowest BCUT2D eigenvalue weighted by molar-refractivity contribution is 0.0696. The zero-order valence-electron chi connectivity index (χ0n) is 13.4. The molecule has 1 atom stereocenters. The molecule has 23 heavy (non-hydrogen) atoms. The van der Waals surface area contributed by atoms with E-state index in [1.807, 2.05) is 4.90 Å². The molecule has 0 N–H and O–H groups in total. The Morgan fingerprint density at radius 1 is 1.43 bits per heavy atom. The molecule has 1 saturated carbocycles. The van der Waals surface area contributed by atoms with Crippen molar-refractivity contribution < 1.29 is 14.3 Å². The summed E-state index contributed by atoms with van der Waals surface area (Å²) in [5, 5.41) is 4.22. The van der Waals surface area contributed by atoms with Crippen LogP contribution in [-0.4, -0.2) is 60.1 Å². The van der Waals surface area contributed by atoms with Crippen molar-refractivity contribution >= 4 is 5.91 Å². The topological polar surface area (TPSA) is 73.7 Å². The minimum atomic E-state index is -0.222. The Morgan fingerprint density at radius 2 is 2.26 bits per heavy atom. The molecule has 1 amide bonds. The molecule has 1 aromatic rings. The highest BCUT2D eigenvalue weighted by Crippen LogP contribution is 2.30. The zero-order chi connectivity index (χ0) is 16.2. The largest absolute Gasteiger partial charge is 0.383 e. The number of rotatable bonds is 7. The van der Waals surface area contributed by atoms with Crippen molar-refractivity contribution in [3.8, 4) is 0 Å². The van der Waals surface area contributed by atoms with Crippen LogP contribution >= 0.6 is 0 Å². The highest BCUT2D eigenvalue weighted by atomic mass is 16.5. The Balaban J connectivity index is 1.75. The van der Waals surface area contributed by atoms with Gasteiger partial charge in [0.1, 0.15) is 5.69 Å². The molecule has 0 spiro atoms. The van der Waals surface area contributed by atoms with Gasteiger partial charge in [-0.2, -0.15) is 5.10 Å². The summed E-state index contributed by atoms with van der Waals surface area (Å²) in [6.45, 7) is 2.93. The lowest BCUT2D eigenvalue weighted by Gasteiger charge is -2.25. The number of carbonyl (C=O) groups is 1. The van der Waals surface area contributed by atoms with Crippen LogP contribution in [0, 0.1) is 5.92 Å². The Morgan fingerprint density at radius 3 is 2.91 bits per heavy atom. The van der Waals surface area contributed by atoms with E-state index in [4.69, 9.17) is 9.47 Å². The monoisotopic (exact) mass is 321 g/mol. The molecular formula is C16H23N3O4. The van der Waals surface area contributed by atoms with Crippen LogP contribution in [0.2, 0.25) is 0 Å². The third-order valence-corrected chi connectivity index (χ3v) is 4.32. The molecule has 126 valence electrons. The van der Waals surface area contributed by atoms with Crippen molar-refractivity contribution in [2.75, 3.05) is 33.5 Å². The van der Waals surface area contributed by atoms with Crippen LogP contribution in [0.3, 0.4) is 0 Å². The molecule has 1 unspecified atom stereocenters. The number of hydrogen-bond acceptors (Lipinski definition) is 5. The molecule has 1 aliphatic carbocycles. The first kappa shape index (κ1) is 16.1. The second-order valence-electron chi connectivity index (χ2n) is 6.19. The maximum absolute atomic E-state index is 12.8. The second kappa shape index (κ2) is 7.23. The smallest absolute Gasteiger partial charge is 0.274 e. The lowest BCUT2D eigenvalue weighted by Crippen LogP contribution is -2.39. The van der Waals surface area contributed by atoms with Gasteiger partial charge in [0.25, 0.3) is 11.5 Å². The van der Waals surface area contributed by atoms with E-state index in [9.17, 15) is 9.59 Å². The highest BCUT2D eigenvalue weighted by Gasteiger charge is 2.35. The van der Waals surface area contributed by atoms with Crippen LogP contribution in [0.4, 0.5) is 0 Å². The molecule has 0 bridgehead atoms. The second-order valence-corrected chi connectivity index (χ2v) is 6.19. The number of methoxy groups -OCH3 is 1. The van der Waals surface area contributed by atoms with Gasteiger partial charge in [0.15, 0.2) is 0 Å². The number of nitrogens with zero attached hydrogens (tertiary/aromatic N) is 3. The predicted molar refractivity (Wildman–Crippen MR) is 83.4 cm³/mol. The number of aromatic nitrogens is 2. The van der Waals surface area contributed by atoms with E-state index in [1.165, 1.54) is 16.8 Å². The van der Waals surface area contributed by atoms with E-state index < -0.39 is 0 Å². The van der Waals surface area contributed by atoms with E-state index in [1.54, 1.807) is 7.11 Å². The fourth-order valence-corrected chi connectivity index (χ4v) is 2.84. The van der Waals surface area contributed by atoms with Crippen LogP contribution < -0.4 is 5.56 Å². The highest BCUT2D eigenvalue weighted by molar-refractivity contribution is 5.92. The minimum absolute atomic E-state index is 0.0921. The minimum Gasteiger partial charge on any atom is -0.383 e. The van der Waals surface area contributed by atoms with E-state index in [2.05, 4.69) is 5.10 Å². The summed E-state index contributed by atoms with van der Waals surface area (Å²) in [6, 6.07) is 3.23. The van der Waals surface area contributed by atoms with Crippen LogP contribution in [0.15, 0.2) is 16.9 Å². The summed E-state index contributed by atoms with van der Waals surface area (Å²) in [6.07, 6.45) is 3.09. The summed E-state index contributed by atoms with van der Waals surface area (Å²) in [4.78, 5) is 26.5. The fourth-order valence-electron chi connectivity index (χ4n) is 2.84. The van der Waals surface area contributed by atoms with Gasteiger partial charge >= 0.3 is 0 Å². The predicted octanol–water partition coefficient (Wildman–Crippen LogP) is 0.531. The summed E-state index contributed by atoms with van der Waals surface area (Å²) in [7, 11) is 1.57. The molecule has 1 aromatic heterocycles. The summed E-state index contributed by atoms with van der Waals surface area (Å²) in [5.41, 5.74) is 0.104. The Kier molecular flexibility index (Phi) is 5.07. The van der Waals surface area contributed by atoms with Crippen molar-refractivity contribution in [3.05, 3.63) is 28.2 Å². The molecule has 2 heterocycles. The summed E-state index contributed by atoms with van der Waals surface area (Å²) >= 11 is 0. The van der Waals surface area contributed by atoms with E-state index in [0.717, 1.165) is 32.5 Å². The van der Waals surface area contributed by atoms with Crippen LogP contribution in [-0.2, 0) is 16.0 Å². The Hall–Kier alpha value is -1.73. The first-order valence-electron chi connectivity index (χ1n) is 8.15. The van der Waals surface area contributed by atoms with Crippen molar-refractivity contribution in [1.82, 2.24) is 14.7 Å². The van der Waals surface area contributed by atoms with Gasteiger partial charge in [0, 0.05) is 38.3 Å². The maximum Gasteiger partial charge on any atom is 0.274 e. The molecule has 1 saturated heterocycles. The number of ether oxygens (including phenoxy) is 2. The van der Waals surface area contributed by atoms with E-state index in [-0.39, 0.29) is 11.5 Å². The van der Waals surface area contributed by atoms with Crippen molar-refractivity contribution in [3.63, 3.8) is 0 Å². The Bertz CT molecular complexity index is 606. The van der Waals surface area contributed by atoms with E-state index >= 15 is 0 Å². The maximum atomic E-state index is 12.8. The fraction of sp³-hybridized carbons (Fsp3) is 0.688. The average molecular weight is 321 g/mol. The molecule has 3 rings (SSSR count). The normalized spacial score (nSPS) is 20.7. The van der Waals surface area contributed by atoms with E-state index in [0.29, 0.717) is 37.4 Å². The van der Waals surface area contributed by atoms with Gasteiger partial charge < -0.3 is 14.4 Å². The number of amides is 1. The number of carbonyl (C=O) groups excluding carboxylic acids is 1. The average Bonchev–Trinajstić information content (AvgIpc) is 3.27. The van der Waals surface area contributed by atoms with Crippen molar-refractivity contribution in [1.29, 1.82) is 0 Å². The van der Waals surface area contributed by atoms with Gasteiger partial charge in [0.2, 0.25) is 0 Å². The molecule has 0 radical (unpaired) electrons.